The van der Waals surface area contributed by atoms with Gasteiger partial charge in [0.05, 0.1) is 34.9 Å². The average Bonchev–Trinajstić information content (AvgIpc) is 2.58. The Hall–Kier alpha value is -2.20. The number of hydrogen-bond donors (Lipinski definition) is 0. The van der Waals surface area contributed by atoms with Gasteiger partial charge in [-0.3, -0.25) is 0 Å². The van der Waals surface area contributed by atoms with E-state index >= 15 is 0 Å². The fraction of sp³-hybridized carbons (Fsp3) is 0.400. The Balaban J connectivity index is 2.01. The molecule has 2 aromatic rings. The molecule has 0 saturated carbocycles. The lowest BCUT2D eigenvalue weighted by molar-refractivity contribution is -0.923. The summed E-state index contributed by atoms with van der Waals surface area (Å²) >= 11 is 0. The molecule has 1 aliphatic heterocycles. The molecule has 0 unspecified atom stereocenters. The highest BCUT2D eigenvalue weighted by Crippen LogP contribution is 2.43. The Labute approximate surface area is 143 Å². The highest BCUT2D eigenvalue weighted by molar-refractivity contribution is 5.51. The van der Waals surface area contributed by atoms with Crippen LogP contribution in [-0.4, -0.2) is 39.3 Å². The molecule has 24 heavy (non-hydrogen) atoms. The van der Waals surface area contributed by atoms with E-state index in [2.05, 4.69) is 32.3 Å². The molecule has 0 aliphatic carbocycles. The van der Waals surface area contributed by atoms with Gasteiger partial charge in [0.1, 0.15) is 17.5 Å². The Kier molecular flexibility index (Phi) is 4.41. The molecular weight excluding hydrogens is 302 g/mol. The minimum atomic E-state index is 0.0411. The number of benzene rings is 2. The molecule has 0 saturated heterocycles. The highest BCUT2D eigenvalue weighted by atomic mass is 16.5. The van der Waals surface area contributed by atoms with Crippen LogP contribution in [0.5, 0.6) is 17.2 Å². The summed E-state index contributed by atoms with van der Waals surface area (Å²) in [7, 11) is 7.64. The van der Waals surface area contributed by atoms with E-state index in [0.717, 1.165) is 40.7 Å². The fourth-order valence-electron chi connectivity index (χ4n) is 3.61. The number of ether oxygens (including phenoxy) is 2. The monoisotopic (exact) mass is 327 g/mol. The third-order valence-corrected chi connectivity index (χ3v) is 5.19. The van der Waals surface area contributed by atoms with Gasteiger partial charge in [0.15, 0.2) is 0 Å². The van der Waals surface area contributed by atoms with Crippen LogP contribution >= 0.6 is 0 Å². The topological polar surface area (TPSA) is 41.5 Å². The molecule has 0 bridgehead atoms. The van der Waals surface area contributed by atoms with Crippen LogP contribution < -0.4 is 14.6 Å². The minimum absolute atomic E-state index is 0.0411. The van der Waals surface area contributed by atoms with Crippen molar-refractivity contribution in [2.24, 2.45) is 0 Å². The van der Waals surface area contributed by atoms with E-state index in [9.17, 15) is 5.11 Å². The normalized spacial score (nSPS) is 18.8. The van der Waals surface area contributed by atoms with Crippen molar-refractivity contribution in [1.82, 2.24) is 0 Å². The van der Waals surface area contributed by atoms with E-state index < -0.39 is 0 Å². The van der Waals surface area contributed by atoms with Crippen LogP contribution in [0.4, 0.5) is 0 Å². The maximum atomic E-state index is 12.9. The molecule has 3 rings (SSSR count). The third kappa shape index (κ3) is 2.94. The molecule has 0 amide bonds. The van der Waals surface area contributed by atoms with Crippen LogP contribution in [0.1, 0.15) is 22.7 Å². The first-order valence-electron chi connectivity index (χ1n) is 8.28. The second kappa shape index (κ2) is 6.36. The number of fused-ring (bicyclic) bond motifs is 1. The van der Waals surface area contributed by atoms with Gasteiger partial charge < -0.3 is 19.1 Å². The van der Waals surface area contributed by atoms with E-state index in [1.165, 1.54) is 5.56 Å². The molecule has 2 aromatic carbocycles. The smallest absolute Gasteiger partial charge is 0.118 e. The van der Waals surface area contributed by atoms with E-state index in [1.807, 2.05) is 12.1 Å². The summed E-state index contributed by atoms with van der Waals surface area (Å²) in [5.41, 5.74) is 3.29. The zero-order valence-electron chi connectivity index (χ0n) is 14.8. The lowest BCUT2D eigenvalue weighted by Gasteiger charge is -2.44. The van der Waals surface area contributed by atoms with Gasteiger partial charge >= 0.3 is 0 Å². The fourth-order valence-corrected chi connectivity index (χ4v) is 3.61. The van der Waals surface area contributed by atoms with Crippen molar-refractivity contribution in [3.8, 4) is 17.2 Å². The first-order chi connectivity index (χ1) is 11.5. The molecule has 0 N–H and O–H groups in total. The van der Waals surface area contributed by atoms with Crippen molar-refractivity contribution < 1.29 is 19.1 Å². The van der Waals surface area contributed by atoms with Crippen molar-refractivity contribution in [3.63, 3.8) is 0 Å². The number of nitrogens with zero attached hydrogens (tertiary/aromatic N) is 1. The van der Waals surface area contributed by atoms with Crippen LogP contribution in [-0.2, 0) is 12.8 Å². The molecule has 128 valence electrons. The van der Waals surface area contributed by atoms with Gasteiger partial charge in [-0.05, 0) is 29.3 Å². The quantitative estimate of drug-likeness (QED) is 0.811. The Bertz CT molecular complexity index is 722. The Morgan fingerprint density at radius 2 is 1.75 bits per heavy atom. The lowest BCUT2D eigenvalue weighted by Crippen LogP contribution is -2.49. The largest absolute Gasteiger partial charge is 0.870 e. The predicted molar refractivity (Wildman–Crippen MR) is 92.6 cm³/mol. The highest BCUT2D eigenvalue weighted by Gasteiger charge is 2.36. The van der Waals surface area contributed by atoms with E-state index in [0.29, 0.717) is 5.75 Å². The zero-order valence-corrected chi connectivity index (χ0v) is 14.8. The molecule has 1 heterocycles. The SMILES string of the molecule is COc1ccc(C[C@@H]2c3c(ccc(OC)c3[O-])CC[N+]2(C)C)cc1. The summed E-state index contributed by atoms with van der Waals surface area (Å²) in [6, 6.07) is 12.1. The van der Waals surface area contributed by atoms with Crippen LogP contribution in [0.25, 0.3) is 0 Å². The lowest BCUT2D eigenvalue weighted by atomic mass is 9.86. The van der Waals surface area contributed by atoms with Crippen LogP contribution in [0.15, 0.2) is 36.4 Å². The Morgan fingerprint density at radius 3 is 2.38 bits per heavy atom. The number of hydrogen-bond acceptors (Lipinski definition) is 3. The maximum absolute atomic E-state index is 12.9. The molecule has 0 fully saturated rings. The van der Waals surface area contributed by atoms with Crippen molar-refractivity contribution in [2.75, 3.05) is 34.9 Å². The van der Waals surface area contributed by atoms with Gasteiger partial charge in [-0.25, -0.2) is 0 Å². The predicted octanol–water partition coefficient (Wildman–Crippen LogP) is 2.69. The van der Waals surface area contributed by atoms with E-state index in [-0.39, 0.29) is 11.8 Å². The first-order valence-corrected chi connectivity index (χ1v) is 8.28. The number of rotatable bonds is 4. The summed E-state index contributed by atoms with van der Waals surface area (Å²) in [4.78, 5) is 0. The molecule has 1 atom stereocenters. The summed E-state index contributed by atoms with van der Waals surface area (Å²) in [6.07, 6.45) is 1.76. The van der Waals surface area contributed by atoms with Crippen molar-refractivity contribution in [1.29, 1.82) is 0 Å². The van der Waals surface area contributed by atoms with Crippen LogP contribution in [0.2, 0.25) is 0 Å². The van der Waals surface area contributed by atoms with Gasteiger partial charge in [-0.15, -0.1) is 0 Å². The third-order valence-electron chi connectivity index (χ3n) is 5.19. The number of likely N-dealkylation sites (N-methyl/N-ethyl adjacent to an activating group) is 1. The van der Waals surface area contributed by atoms with Crippen molar-refractivity contribution in [3.05, 3.63) is 53.1 Å². The average molecular weight is 327 g/mol. The minimum Gasteiger partial charge on any atom is -0.870 e. The molecule has 4 heteroatoms. The zero-order chi connectivity index (χ0) is 17.3. The molecule has 0 spiro atoms. The van der Waals surface area contributed by atoms with Crippen LogP contribution in [0, 0.1) is 0 Å². The van der Waals surface area contributed by atoms with Gasteiger partial charge in [-0.1, -0.05) is 23.9 Å². The second-order valence-electron chi connectivity index (χ2n) is 6.99. The van der Waals surface area contributed by atoms with Gasteiger partial charge in [0.25, 0.3) is 0 Å². The molecular formula is C20H25NO3. The van der Waals surface area contributed by atoms with E-state index in [1.54, 1.807) is 20.3 Å². The van der Waals surface area contributed by atoms with Gasteiger partial charge in [0, 0.05) is 18.4 Å². The number of methoxy groups -OCH3 is 2. The van der Waals surface area contributed by atoms with Crippen molar-refractivity contribution in [2.45, 2.75) is 18.9 Å². The van der Waals surface area contributed by atoms with Gasteiger partial charge in [-0.2, -0.15) is 0 Å². The van der Waals surface area contributed by atoms with Gasteiger partial charge in [0.2, 0.25) is 0 Å². The summed E-state index contributed by atoms with van der Waals surface area (Å²) < 4.78 is 11.3. The standard InChI is InChI=1S/C20H25NO3/c1-21(2)12-11-15-7-10-18(24-4)20(22)19(15)17(21)13-14-5-8-16(23-3)9-6-14/h5-10,17H,11-13H2,1-4H3/t17-/m1/s1. The van der Waals surface area contributed by atoms with Crippen LogP contribution in [0.3, 0.4) is 0 Å². The second-order valence-corrected chi connectivity index (χ2v) is 6.99. The molecule has 1 aliphatic rings. The van der Waals surface area contributed by atoms with E-state index in [4.69, 9.17) is 9.47 Å². The molecule has 0 aromatic heterocycles. The Morgan fingerprint density at radius 1 is 1.04 bits per heavy atom. The summed E-state index contributed by atoms with van der Waals surface area (Å²) in [6.45, 7) is 1.03. The maximum Gasteiger partial charge on any atom is 0.118 e. The van der Waals surface area contributed by atoms with Crippen molar-refractivity contribution >= 4 is 0 Å². The first kappa shape index (κ1) is 16.7. The number of quaternary nitrogens is 1. The molecule has 4 nitrogen and oxygen atoms in total. The summed E-state index contributed by atoms with van der Waals surface area (Å²) in [5.74, 6) is 1.33. The molecule has 0 radical (unpaired) electrons. The summed E-state index contributed by atoms with van der Waals surface area (Å²) in [5, 5.41) is 12.9.